The van der Waals surface area contributed by atoms with Crippen molar-refractivity contribution in [2.45, 2.75) is 13.5 Å². The highest BCUT2D eigenvalue weighted by Gasteiger charge is 2.05. The van der Waals surface area contributed by atoms with Gasteiger partial charge in [-0.3, -0.25) is 4.98 Å². The summed E-state index contributed by atoms with van der Waals surface area (Å²) in [7, 11) is 0. The summed E-state index contributed by atoms with van der Waals surface area (Å²) in [5.74, 6) is 0. The van der Waals surface area contributed by atoms with Gasteiger partial charge in [-0.2, -0.15) is 0 Å². The number of aliphatic hydroxyl groups excluding tert-OH is 1. The number of hydrogen-bond acceptors (Lipinski definition) is 2. The molecule has 0 saturated heterocycles. The van der Waals surface area contributed by atoms with Crippen LogP contribution in [0.3, 0.4) is 0 Å². The Kier molecular flexibility index (Phi) is 2.83. The van der Waals surface area contributed by atoms with E-state index in [9.17, 15) is 0 Å². The van der Waals surface area contributed by atoms with Crippen LogP contribution in [-0.4, -0.2) is 21.3 Å². The van der Waals surface area contributed by atoms with Gasteiger partial charge in [0.15, 0.2) is 0 Å². The second kappa shape index (κ2) is 4.28. The summed E-state index contributed by atoms with van der Waals surface area (Å²) in [5, 5.41) is 9.00. The molecule has 0 aliphatic carbocycles. The summed E-state index contributed by atoms with van der Waals surface area (Å²) >= 11 is 0. The minimum absolute atomic E-state index is 0.160. The third-order valence-corrected chi connectivity index (χ3v) is 2.50. The molecule has 2 heterocycles. The van der Waals surface area contributed by atoms with Gasteiger partial charge in [0.1, 0.15) is 0 Å². The Morgan fingerprint density at radius 3 is 2.60 bits per heavy atom. The molecule has 0 unspecified atom stereocenters. The Balaban J connectivity index is 2.44. The molecule has 0 atom stereocenters. The van der Waals surface area contributed by atoms with Crippen LogP contribution in [0.1, 0.15) is 5.69 Å². The van der Waals surface area contributed by atoms with Crippen LogP contribution in [0.4, 0.5) is 0 Å². The van der Waals surface area contributed by atoms with E-state index >= 15 is 0 Å². The fourth-order valence-electron chi connectivity index (χ4n) is 1.74. The molecule has 0 fully saturated rings. The van der Waals surface area contributed by atoms with E-state index in [-0.39, 0.29) is 6.61 Å². The summed E-state index contributed by atoms with van der Waals surface area (Å²) in [6.07, 6.45) is 3.56. The molecule has 15 heavy (non-hydrogen) atoms. The Labute approximate surface area is 89.0 Å². The molecule has 2 aromatic rings. The van der Waals surface area contributed by atoms with Gasteiger partial charge < -0.3 is 9.67 Å². The molecule has 0 aliphatic rings. The van der Waals surface area contributed by atoms with Gasteiger partial charge >= 0.3 is 0 Å². The van der Waals surface area contributed by atoms with E-state index in [2.05, 4.69) is 21.7 Å². The zero-order chi connectivity index (χ0) is 10.7. The van der Waals surface area contributed by atoms with Gasteiger partial charge in [-0.05, 0) is 31.2 Å². The van der Waals surface area contributed by atoms with E-state index in [0.29, 0.717) is 6.54 Å². The van der Waals surface area contributed by atoms with E-state index in [1.807, 2.05) is 19.1 Å². The first kappa shape index (κ1) is 9.93. The number of aromatic nitrogens is 2. The van der Waals surface area contributed by atoms with Crippen LogP contribution in [0.2, 0.25) is 0 Å². The number of aliphatic hydroxyl groups is 1. The zero-order valence-corrected chi connectivity index (χ0v) is 8.72. The normalized spacial score (nSPS) is 10.5. The molecule has 0 aliphatic heterocycles. The van der Waals surface area contributed by atoms with Crippen molar-refractivity contribution < 1.29 is 5.11 Å². The molecule has 2 rings (SSSR count). The Morgan fingerprint density at radius 1 is 1.20 bits per heavy atom. The third-order valence-electron chi connectivity index (χ3n) is 2.50. The van der Waals surface area contributed by atoms with Gasteiger partial charge in [0.2, 0.25) is 0 Å². The number of pyridine rings is 1. The highest BCUT2D eigenvalue weighted by molar-refractivity contribution is 5.60. The monoisotopic (exact) mass is 202 g/mol. The quantitative estimate of drug-likeness (QED) is 0.824. The van der Waals surface area contributed by atoms with Crippen molar-refractivity contribution in [3.63, 3.8) is 0 Å². The molecule has 0 bridgehead atoms. The fourth-order valence-corrected chi connectivity index (χ4v) is 1.74. The molecule has 0 amide bonds. The minimum Gasteiger partial charge on any atom is -0.395 e. The van der Waals surface area contributed by atoms with Crippen molar-refractivity contribution in [3.05, 3.63) is 42.4 Å². The molecular formula is C12H14N2O. The Bertz CT molecular complexity index is 434. The predicted molar refractivity (Wildman–Crippen MR) is 59.5 cm³/mol. The molecule has 0 spiro atoms. The van der Waals surface area contributed by atoms with E-state index < -0.39 is 0 Å². The first-order valence-corrected chi connectivity index (χ1v) is 5.00. The van der Waals surface area contributed by atoms with Gasteiger partial charge in [-0.15, -0.1) is 0 Å². The lowest BCUT2D eigenvalue weighted by Gasteiger charge is -2.09. The average molecular weight is 202 g/mol. The molecule has 1 N–H and O–H groups in total. The van der Waals surface area contributed by atoms with Crippen LogP contribution in [-0.2, 0) is 6.54 Å². The van der Waals surface area contributed by atoms with Crippen LogP contribution < -0.4 is 0 Å². The van der Waals surface area contributed by atoms with Crippen molar-refractivity contribution in [1.82, 2.24) is 9.55 Å². The number of nitrogens with zero attached hydrogens (tertiary/aromatic N) is 2. The first-order chi connectivity index (χ1) is 7.33. The van der Waals surface area contributed by atoms with Crippen molar-refractivity contribution >= 4 is 0 Å². The molecular weight excluding hydrogens is 188 g/mol. The van der Waals surface area contributed by atoms with Crippen molar-refractivity contribution in [2.24, 2.45) is 0 Å². The minimum atomic E-state index is 0.160. The number of hydrogen-bond donors (Lipinski definition) is 1. The third kappa shape index (κ3) is 1.92. The topological polar surface area (TPSA) is 38.0 Å². The van der Waals surface area contributed by atoms with Gasteiger partial charge in [-0.25, -0.2) is 0 Å². The van der Waals surface area contributed by atoms with Gasteiger partial charge in [0.25, 0.3) is 0 Å². The van der Waals surface area contributed by atoms with Crippen LogP contribution in [0, 0.1) is 6.92 Å². The standard InChI is InChI=1S/C12H14N2O/c1-10-2-3-12(14(10)8-9-15)11-4-6-13-7-5-11/h2-7,15H,8-9H2,1H3. The summed E-state index contributed by atoms with van der Waals surface area (Å²) in [4.78, 5) is 3.99. The average Bonchev–Trinajstić information content (AvgIpc) is 2.63. The summed E-state index contributed by atoms with van der Waals surface area (Å²) in [5.41, 5.74) is 3.42. The molecule has 2 aromatic heterocycles. The maximum absolute atomic E-state index is 9.00. The largest absolute Gasteiger partial charge is 0.395 e. The second-order valence-electron chi connectivity index (χ2n) is 3.47. The zero-order valence-electron chi connectivity index (χ0n) is 8.72. The Hall–Kier alpha value is -1.61. The smallest absolute Gasteiger partial charge is 0.0610 e. The highest BCUT2D eigenvalue weighted by atomic mass is 16.3. The lowest BCUT2D eigenvalue weighted by Crippen LogP contribution is -2.05. The first-order valence-electron chi connectivity index (χ1n) is 5.00. The van der Waals surface area contributed by atoms with Crippen molar-refractivity contribution in [2.75, 3.05) is 6.61 Å². The van der Waals surface area contributed by atoms with Crippen molar-refractivity contribution in [3.8, 4) is 11.3 Å². The lowest BCUT2D eigenvalue weighted by molar-refractivity contribution is 0.276. The van der Waals surface area contributed by atoms with Crippen LogP contribution in [0.25, 0.3) is 11.3 Å². The highest BCUT2D eigenvalue weighted by Crippen LogP contribution is 2.21. The summed E-state index contributed by atoms with van der Waals surface area (Å²) in [6, 6.07) is 8.08. The maximum atomic E-state index is 9.00. The number of aryl methyl sites for hydroxylation is 1. The van der Waals surface area contributed by atoms with Gasteiger partial charge in [-0.1, -0.05) is 0 Å². The molecule has 0 radical (unpaired) electrons. The van der Waals surface area contributed by atoms with Gasteiger partial charge in [0.05, 0.1) is 6.61 Å². The van der Waals surface area contributed by atoms with E-state index in [1.54, 1.807) is 12.4 Å². The molecule has 0 aromatic carbocycles. The number of rotatable bonds is 3. The van der Waals surface area contributed by atoms with Crippen LogP contribution >= 0.6 is 0 Å². The van der Waals surface area contributed by atoms with Crippen molar-refractivity contribution in [1.29, 1.82) is 0 Å². The molecule has 3 heteroatoms. The second-order valence-corrected chi connectivity index (χ2v) is 3.47. The molecule has 78 valence electrons. The van der Waals surface area contributed by atoms with Crippen LogP contribution in [0.15, 0.2) is 36.7 Å². The molecule has 3 nitrogen and oxygen atoms in total. The Morgan fingerprint density at radius 2 is 1.93 bits per heavy atom. The van der Waals surface area contributed by atoms with E-state index in [1.165, 1.54) is 0 Å². The lowest BCUT2D eigenvalue weighted by atomic mass is 10.2. The summed E-state index contributed by atoms with van der Waals surface area (Å²) < 4.78 is 2.11. The van der Waals surface area contributed by atoms with Gasteiger partial charge in [0, 0.05) is 35.9 Å². The van der Waals surface area contributed by atoms with E-state index in [0.717, 1.165) is 17.0 Å². The molecule has 0 saturated carbocycles. The fraction of sp³-hybridized carbons (Fsp3) is 0.250. The SMILES string of the molecule is Cc1ccc(-c2ccncc2)n1CCO. The predicted octanol–water partition coefficient (Wildman–Crippen LogP) is 1.85. The van der Waals surface area contributed by atoms with E-state index in [4.69, 9.17) is 5.11 Å². The maximum Gasteiger partial charge on any atom is 0.0610 e. The summed E-state index contributed by atoms with van der Waals surface area (Å²) in [6.45, 7) is 2.84. The van der Waals surface area contributed by atoms with Crippen LogP contribution in [0.5, 0.6) is 0 Å².